The van der Waals surface area contributed by atoms with E-state index in [0.717, 1.165) is 18.7 Å². The number of benzene rings is 1. The highest BCUT2D eigenvalue weighted by Crippen LogP contribution is 2.34. The van der Waals surface area contributed by atoms with Crippen LogP contribution in [0.1, 0.15) is 51.7 Å². The van der Waals surface area contributed by atoms with E-state index >= 15 is 0 Å². The second-order valence-corrected chi connectivity index (χ2v) is 6.23. The first-order valence-corrected chi connectivity index (χ1v) is 7.83. The molecule has 0 fully saturated rings. The minimum atomic E-state index is 0.311. The second-order valence-electron chi connectivity index (χ2n) is 6.23. The molecule has 0 heterocycles. The molecule has 2 heteroatoms. The molecule has 114 valence electrons. The molecule has 0 aliphatic carbocycles. The highest BCUT2D eigenvalue weighted by molar-refractivity contribution is 5.37. The molecule has 0 bridgehead atoms. The molecule has 1 aromatic carbocycles. The highest BCUT2D eigenvalue weighted by atomic mass is 16.5. The van der Waals surface area contributed by atoms with Gasteiger partial charge in [-0.25, -0.2) is 0 Å². The number of hydrogen-bond acceptors (Lipinski definition) is 2. The summed E-state index contributed by atoms with van der Waals surface area (Å²) >= 11 is 0. The summed E-state index contributed by atoms with van der Waals surface area (Å²) in [5.41, 5.74) is 2.95. The third kappa shape index (κ3) is 4.52. The molecule has 2 nitrogen and oxygen atoms in total. The minimum absolute atomic E-state index is 0.311. The van der Waals surface area contributed by atoms with E-state index in [1.54, 1.807) is 7.11 Å². The molecule has 0 amide bonds. The van der Waals surface area contributed by atoms with Crippen LogP contribution in [0.3, 0.4) is 0 Å². The summed E-state index contributed by atoms with van der Waals surface area (Å²) in [7, 11) is 1.76. The summed E-state index contributed by atoms with van der Waals surface area (Å²) in [6, 6.07) is 7.02. The molecular weight excluding hydrogens is 246 g/mol. The maximum Gasteiger partial charge on any atom is 0.122 e. The maximum atomic E-state index is 5.54. The molecule has 0 aromatic heterocycles. The summed E-state index contributed by atoms with van der Waals surface area (Å²) in [6.07, 6.45) is 3.44. The van der Waals surface area contributed by atoms with Gasteiger partial charge in [-0.2, -0.15) is 0 Å². The quantitative estimate of drug-likeness (QED) is 0.762. The first-order valence-electron chi connectivity index (χ1n) is 7.83. The Kier molecular flexibility index (Phi) is 6.54. The van der Waals surface area contributed by atoms with Crippen LogP contribution in [-0.2, 0) is 6.42 Å². The maximum absolute atomic E-state index is 5.54. The third-order valence-corrected chi connectivity index (χ3v) is 4.39. The fourth-order valence-electron chi connectivity index (χ4n) is 2.68. The molecule has 0 unspecified atom stereocenters. The zero-order chi connectivity index (χ0) is 15.2. The topological polar surface area (TPSA) is 21.3 Å². The minimum Gasteiger partial charge on any atom is -0.496 e. The average molecular weight is 277 g/mol. The van der Waals surface area contributed by atoms with Gasteiger partial charge < -0.3 is 10.1 Å². The molecule has 0 saturated heterocycles. The SMILES string of the molecule is CCC(CC)(CNC(C)C)Cc1cc(C)ccc1OC. The lowest BCUT2D eigenvalue weighted by atomic mass is 9.76. The number of methoxy groups -OCH3 is 1. The standard InChI is InChI=1S/C18H31NO/c1-7-18(8-2,13-19-14(3)4)12-16-11-15(5)9-10-17(16)20-6/h9-11,14,19H,7-8,12-13H2,1-6H3. The zero-order valence-corrected chi connectivity index (χ0v) is 14.0. The van der Waals surface area contributed by atoms with Gasteiger partial charge in [-0.05, 0) is 43.2 Å². The van der Waals surface area contributed by atoms with Crippen LogP contribution in [0, 0.1) is 12.3 Å². The lowest BCUT2D eigenvalue weighted by molar-refractivity contribution is 0.236. The third-order valence-electron chi connectivity index (χ3n) is 4.39. The van der Waals surface area contributed by atoms with Crippen molar-refractivity contribution in [2.45, 2.75) is 59.9 Å². The Morgan fingerprint density at radius 2 is 1.85 bits per heavy atom. The number of nitrogens with one attached hydrogen (secondary N) is 1. The van der Waals surface area contributed by atoms with E-state index in [0.29, 0.717) is 11.5 Å². The highest BCUT2D eigenvalue weighted by Gasteiger charge is 2.27. The van der Waals surface area contributed by atoms with Crippen molar-refractivity contribution in [3.8, 4) is 5.75 Å². The Balaban J connectivity index is 2.97. The van der Waals surface area contributed by atoms with Crippen LogP contribution < -0.4 is 10.1 Å². The van der Waals surface area contributed by atoms with E-state index in [9.17, 15) is 0 Å². The van der Waals surface area contributed by atoms with Crippen LogP contribution >= 0.6 is 0 Å². The number of aryl methyl sites for hydroxylation is 1. The molecule has 1 rings (SSSR count). The van der Waals surface area contributed by atoms with Gasteiger partial charge in [0, 0.05) is 12.6 Å². The molecule has 0 saturated carbocycles. The van der Waals surface area contributed by atoms with E-state index in [1.165, 1.54) is 24.0 Å². The van der Waals surface area contributed by atoms with Crippen LogP contribution in [0.15, 0.2) is 18.2 Å². The lowest BCUT2D eigenvalue weighted by Gasteiger charge is -2.33. The molecular formula is C18H31NO. The van der Waals surface area contributed by atoms with Crippen LogP contribution in [-0.4, -0.2) is 19.7 Å². The van der Waals surface area contributed by atoms with Crippen LogP contribution in [0.5, 0.6) is 5.75 Å². The van der Waals surface area contributed by atoms with Gasteiger partial charge in [-0.1, -0.05) is 45.4 Å². The normalized spacial score (nSPS) is 11.9. The number of rotatable bonds is 8. The van der Waals surface area contributed by atoms with Crippen LogP contribution in [0.25, 0.3) is 0 Å². The molecule has 0 atom stereocenters. The van der Waals surface area contributed by atoms with E-state index in [-0.39, 0.29) is 0 Å². The Labute approximate surface area is 124 Å². The Morgan fingerprint density at radius 1 is 1.20 bits per heavy atom. The van der Waals surface area contributed by atoms with Crippen molar-refractivity contribution in [2.75, 3.05) is 13.7 Å². The van der Waals surface area contributed by atoms with Crippen molar-refractivity contribution >= 4 is 0 Å². The van der Waals surface area contributed by atoms with Gasteiger partial charge in [0.1, 0.15) is 5.75 Å². The van der Waals surface area contributed by atoms with Crippen molar-refractivity contribution in [1.82, 2.24) is 5.32 Å². The largest absolute Gasteiger partial charge is 0.496 e. The van der Waals surface area contributed by atoms with Gasteiger partial charge in [0.05, 0.1) is 7.11 Å². The van der Waals surface area contributed by atoms with Crippen LogP contribution in [0.2, 0.25) is 0 Å². The van der Waals surface area contributed by atoms with Gasteiger partial charge in [0.25, 0.3) is 0 Å². The first-order chi connectivity index (χ1) is 9.46. The summed E-state index contributed by atoms with van der Waals surface area (Å²) in [5.74, 6) is 1.02. The predicted molar refractivity (Wildman–Crippen MR) is 87.6 cm³/mol. The molecule has 0 aliphatic heterocycles. The molecule has 0 spiro atoms. The van der Waals surface area contributed by atoms with Crippen molar-refractivity contribution in [3.63, 3.8) is 0 Å². The van der Waals surface area contributed by atoms with Gasteiger partial charge >= 0.3 is 0 Å². The van der Waals surface area contributed by atoms with Crippen LogP contribution in [0.4, 0.5) is 0 Å². The number of hydrogen-bond donors (Lipinski definition) is 1. The Bertz CT molecular complexity index is 408. The summed E-state index contributed by atoms with van der Waals surface area (Å²) < 4.78 is 5.54. The van der Waals surface area contributed by atoms with Gasteiger partial charge in [-0.3, -0.25) is 0 Å². The van der Waals surface area contributed by atoms with Crippen molar-refractivity contribution in [1.29, 1.82) is 0 Å². The van der Waals surface area contributed by atoms with Gasteiger partial charge in [0.15, 0.2) is 0 Å². The van der Waals surface area contributed by atoms with E-state index in [4.69, 9.17) is 4.74 Å². The Morgan fingerprint density at radius 3 is 2.35 bits per heavy atom. The fourth-order valence-corrected chi connectivity index (χ4v) is 2.68. The van der Waals surface area contributed by atoms with E-state index < -0.39 is 0 Å². The summed E-state index contributed by atoms with van der Waals surface area (Å²) in [6.45, 7) is 12.2. The smallest absolute Gasteiger partial charge is 0.122 e. The predicted octanol–water partition coefficient (Wildman–Crippen LogP) is 4.35. The molecule has 20 heavy (non-hydrogen) atoms. The van der Waals surface area contributed by atoms with E-state index in [2.05, 4.69) is 58.1 Å². The Hall–Kier alpha value is -1.02. The van der Waals surface area contributed by atoms with Gasteiger partial charge in [0.2, 0.25) is 0 Å². The zero-order valence-electron chi connectivity index (χ0n) is 14.0. The molecule has 1 aromatic rings. The number of ether oxygens (including phenoxy) is 1. The fraction of sp³-hybridized carbons (Fsp3) is 0.667. The van der Waals surface area contributed by atoms with Crippen molar-refractivity contribution in [2.24, 2.45) is 5.41 Å². The molecule has 0 aliphatic rings. The summed E-state index contributed by atoms with van der Waals surface area (Å²) in [5, 5.41) is 3.62. The second kappa shape index (κ2) is 7.68. The monoisotopic (exact) mass is 277 g/mol. The molecule has 0 radical (unpaired) electrons. The van der Waals surface area contributed by atoms with Crippen molar-refractivity contribution < 1.29 is 4.74 Å². The first kappa shape index (κ1) is 17.0. The van der Waals surface area contributed by atoms with Gasteiger partial charge in [-0.15, -0.1) is 0 Å². The summed E-state index contributed by atoms with van der Waals surface area (Å²) in [4.78, 5) is 0. The lowest BCUT2D eigenvalue weighted by Crippen LogP contribution is -2.38. The van der Waals surface area contributed by atoms with E-state index in [1.807, 2.05) is 0 Å². The average Bonchev–Trinajstić information content (AvgIpc) is 2.43. The van der Waals surface area contributed by atoms with Crippen molar-refractivity contribution in [3.05, 3.63) is 29.3 Å². The molecule has 1 N–H and O–H groups in total.